The summed E-state index contributed by atoms with van der Waals surface area (Å²) in [6, 6.07) is 19.4. The van der Waals surface area contributed by atoms with Crippen molar-refractivity contribution in [3.8, 4) is 16.9 Å². The molecule has 0 aliphatic heterocycles. The van der Waals surface area contributed by atoms with Gasteiger partial charge in [-0.1, -0.05) is 48.5 Å². The van der Waals surface area contributed by atoms with Crippen molar-refractivity contribution in [1.82, 2.24) is 5.32 Å². The fourth-order valence-corrected chi connectivity index (χ4v) is 4.03. The molecule has 3 N–H and O–H groups in total. The molecular formula is C26H24N2O6. The SMILES string of the molecule is COc1ccc(C(=O)N[C@@H](C)C(=O)O)c(NC(=O)OCC2c3ccccc3-c3ccccc32)c1. The Bertz CT molecular complexity index is 1210. The monoisotopic (exact) mass is 460 g/mol. The third-order valence-electron chi connectivity index (χ3n) is 5.77. The average Bonchev–Trinajstić information content (AvgIpc) is 3.16. The molecule has 0 heterocycles. The second kappa shape index (κ2) is 9.66. The average molecular weight is 460 g/mol. The molecule has 0 saturated heterocycles. The summed E-state index contributed by atoms with van der Waals surface area (Å²) in [5, 5.41) is 14.0. The van der Waals surface area contributed by atoms with Crippen LogP contribution in [0.4, 0.5) is 10.5 Å². The first-order valence-corrected chi connectivity index (χ1v) is 10.7. The van der Waals surface area contributed by atoms with E-state index in [1.807, 2.05) is 48.5 Å². The molecule has 3 aromatic carbocycles. The van der Waals surface area contributed by atoms with Crippen LogP contribution in [-0.4, -0.2) is 42.8 Å². The van der Waals surface area contributed by atoms with Gasteiger partial charge in [0.25, 0.3) is 5.91 Å². The van der Waals surface area contributed by atoms with Crippen LogP contribution in [-0.2, 0) is 9.53 Å². The standard InChI is InChI=1S/C26H24N2O6/c1-15(25(30)31)27-24(29)21-12-11-16(33-2)13-23(21)28-26(32)34-14-22-19-9-5-3-7-17(19)18-8-4-6-10-20(18)22/h3-13,15,22H,14H2,1-2H3,(H,27,29)(H,28,32)(H,30,31)/t15-/m0/s1. The van der Waals surface area contributed by atoms with Gasteiger partial charge >= 0.3 is 12.1 Å². The van der Waals surface area contributed by atoms with Crippen molar-refractivity contribution in [1.29, 1.82) is 0 Å². The highest BCUT2D eigenvalue weighted by Crippen LogP contribution is 2.44. The Morgan fingerprint density at radius 3 is 2.18 bits per heavy atom. The van der Waals surface area contributed by atoms with E-state index in [1.54, 1.807) is 6.07 Å². The maximum Gasteiger partial charge on any atom is 0.411 e. The Morgan fingerprint density at radius 1 is 0.971 bits per heavy atom. The van der Waals surface area contributed by atoms with E-state index in [4.69, 9.17) is 14.6 Å². The summed E-state index contributed by atoms with van der Waals surface area (Å²) in [5.74, 6) is -1.51. The smallest absolute Gasteiger partial charge is 0.411 e. The van der Waals surface area contributed by atoms with Crippen molar-refractivity contribution in [2.75, 3.05) is 19.0 Å². The molecule has 0 saturated carbocycles. The number of carboxylic acid groups (broad SMARTS) is 1. The molecule has 0 bridgehead atoms. The summed E-state index contributed by atoms with van der Waals surface area (Å²) in [6.07, 6.45) is -0.740. The Morgan fingerprint density at radius 2 is 1.59 bits per heavy atom. The quantitative estimate of drug-likeness (QED) is 0.486. The number of methoxy groups -OCH3 is 1. The van der Waals surface area contributed by atoms with Gasteiger partial charge in [0.15, 0.2) is 0 Å². The number of aliphatic carboxylic acids is 1. The lowest BCUT2D eigenvalue weighted by Gasteiger charge is -2.17. The molecule has 2 amide bonds. The highest BCUT2D eigenvalue weighted by molar-refractivity contribution is 6.04. The van der Waals surface area contributed by atoms with Crippen LogP contribution in [0.25, 0.3) is 11.1 Å². The normalized spacial score (nSPS) is 12.8. The molecule has 0 unspecified atom stereocenters. The largest absolute Gasteiger partial charge is 0.497 e. The van der Waals surface area contributed by atoms with Crippen LogP contribution in [0.3, 0.4) is 0 Å². The number of fused-ring (bicyclic) bond motifs is 3. The molecule has 0 aromatic heterocycles. The van der Waals surface area contributed by atoms with Crippen LogP contribution in [0.5, 0.6) is 5.75 Å². The Kier molecular flexibility index (Phi) is 6.49. The molecule has 34 heavy (non-hydrogen) atoms. The maximum atomic E-state index is 12.7. The zero-order valence-corrected chi connectivity index (χ0v) is 18.7. The number of carboxylic acids is 1. The van der Waals surface area contributed by atoms with Crippen molar-refractivity contribution in [3.63, 3.8) is 0 Å². The molecule has 1 atom stereocenters. The van der Waals surface area contributed by atoms with Crippen LogP contribution >= 0.6 is 0 Å². The molecule has 174 valence electrons. The number of benzene rings is 3. The van der Waals surface area contributed by atoms with Crippen LogP contribution < -0.4 is 15.4 Å². The van der Waals surface area contributed by atoms with Gasteiger partial charge in [-0.05, 0) is 41.3 Å². The molecule has 4 rings (SSSR count). The number of nitrogens with one attached hydrogen (secondary N) is 2. The third kappa shape index (κ3) is 4.56. The number of hydrogen-bond acceptors (Lipinski definition) is 5. The first-order valence-electron chi connectivity index (χ1n) is 10.7. The molecule has 1 aliphatic rings. The highest BCUT2D eigenvalue weighted by atomic mass is 16.5. The summed E-state index contributed by atoms with van der Waals surface area (Å²) in [5.41, 5.74) is 4.63. The summed E-state index contributed by atoms with van der Waals surface area (Å²) in [6.45, 7) is 1.46. The van der Waals surface area contributed by atoms with Crippen molar-refractivity contribution in [3.05, 3.63) is 83.4 Å². The molecular weight excluding hydrogens is 436 g/mol. The van der Waals surface area contributed by atoms with Crippen LogP contribution in [0, 0.1) is 0 Å². The minimum Gasteiger partial charge on any atom is -0.497 e. The lowest BCUT2D eigenvalue weighted by Crippen LogP contribution is -2.38. The molecule has 0 spiro atoms. The van der Waals surface area contributed by atoms with E-state index < -0.39 is 24.0 Å². The first kappa shape index (κ1) is 22.8. The molecule has 3 aromatic rings. The minimum atomic E-state index is -1.17. The van der Waals surface area contributed by atoms with E-state index in [-0.39, 0.29) is 23.8 Å². The van der Waals surface area contributed by atoms with Crippen molar-refractivity contribution in [2.45, 2.75) is 18.9 Å². The van der Waals surface area contributed by atoms with Gasteiger partial charge in [0.1, 0.15) is 18.4 Å². The number of ether oxygens (including phenoxy) is 2. The fraction of sp³-hybridized carbons (Fsp3) is 0.192. The van der Waals surface area contributed by atoms with Gasteiger partial charge < -0.3 is 19.9 Å². The van der Waals surface area contributed by atoms with Gasteiger partial charge in [-0.15, -0.1) is 0 Å². The molecule has 0 radical (unpaired) electrons. The number of rotatable bonds is 7. The second-order valence-electron chi connectivity index (χ2n) is 7.90. The Labute approximate surface area is 196 Å². The molecule has 1 aliphatic carbocycles. The van der Waals surface area contributed by atoms with Crippen LogP contribution in [0.15, 0.2) is 66.7 Å². The lowest BCUT2D eigenvalue weighted by molar-refractivity contribution is -0.138. The summed E-state index contributed by atoms with van der Waals surface area (Å²) < 4.78 is 10.7. The van der Waals surface area contributed by atoms with Gasteiger partial charge in [-0.2, -0.15) is 0 Å². The molecule has 0 fully saturated rings. The zero-order valence-electron chi connectivity index (χ0n) is 18.7. The van der Waals surface area contributed by atoms with E-state index in [9.17, 15) is 14.4 Å². The van der Waals surface area contributed by atoms with E-state index in [0.29, 0.717) is 5.75 Å². The van der Waals surface area contributed by atoms with Crippen molar-refractivity contribution in [2.24, 2.45) is 0 Å². The summed E-state index contributed by atoms with van der Waals surface area (Å²) in [7, 11) is 1.46. The van der Waals surface area contributed by atoms with E-state index in [1.165, 1.54) is 26.2 Å². The Hall–Kier alpha value is -4.33. The predicted octanol–water partition coefficient (Wildman–Crippen LogP) is 4.26. The van der Waals surface area contributed by atoms with Crippen molar-refractivity contribution < 1.29 is 29.0 Å². The highest BCUT2D eigenvalue weighted by Gasteiger charge is 2.29. The topological polar surface area (TPSA) is 114 Å². The molecule has 8 heteroatoms. The van der Waals surface area contributed by atoms with Gasteiger partial charge in [-0.3, -0.25) is 14.9 Å². The number of carbonyl (C=O) groups excluding carboxylic acids is 2. The van der Waals surface area contributed by atoms with Crippen LogP contribution in [0.2, 0.25) is 0 Å². The second-order valence-corrected chi connectivity index (χ2v) is 7.90. The lowest BCUT2D eigenvalue weighted by atomic mass is 9.98. The van der Waals surface area contributed by atoms with E-state index in [2.05, 4.69) is 10.6 Å². The van der Waals surface area contributed by atoms with Crippen LogP contribution in [0.1, 0.15) is 34.3 Å². The third-order valence-corrected chi connectivity index (χ3v) is 5.77. The van der Waals surface area contributed by atoms with Gasteiger partial charge in [0.05, 0.1) is 18.4 Å². The van der Waals surface area contributed by atoms with Crippen molar-refractivity contribution >= 4 is 23.7 Å². The number of hydrogen-bond donors (Lipinski definition) is 3. The molecule has 8 nitrogen and oxygen atoms in total. The van der Waals surface area contributed by atoms with Gasteiger partial charge in [0, 0.05) is 12.0 Å². The fourth-order valence-electron chi connectivity index (χ4n) is 4.03. The number of carbonyl (C=O) groups is 3. The predicted molar refractivity (Wildman–Crippen MR) is 126 cm³/mol. The number of anilines is 1. The minimum absolute atomic E-state index is 0.0856. The van der Waals surface area contributed by atoms with Gasteiger partial charge in [-0.25, -0.2) is 4.79 Å². The van der Waals surface area contributed by atoms with E-state index >= 15 is 0 Å². The first-order chi connectivity index (χ1) is 16.4. The van der Waals surface area contributed by atoms with E-state index in [0.717, 1.165) is 22.3 Å². The van der Waals surface area contributed by atoms with Gasteiger partial charge in [0.2, 0.25) is 0 Å². The summed E-state index contributed by atoms with van der Waals surface area (Å²) in [4.78, 5) is 36.4. The Balaban J connectivity index is 1.50. The number of amides is 2. The maximum absolute atomic E-state index is 12.7. The summed E-state index contributed by atoms with van der Waals surface area (Å²) >= 11 is 0. The zero-order chi connectivity index (χ0) is 24.2.